The number of carbonyl (C=O) groups is 2. The number of aromatic nitrogens is 1. The van der Waals surface area contributed by atoms with E-state index >= 15 is 0 Å². The average Bonchev–Trinajstić information content (AvgIpc) is 2.68. The first-order valence-corrected chi connectivity index (χ1v) is 8.41. The molecule has 0 radical (unpaired) electrons. The Kier molecular flexibility index (Phi) is 5.66. The van der Waals surface area contributed by atoms with Gasteiger partial charge in [0.2, 0.25) is 11.8 Å². The lowest BCUT2D eigenvalue weighted by atomic mass is 10.0. The first kappa shape index (κ1) is 18.8. The molecule has 0 aliphatic carbocycles. The summed E-state index contributed by atoms with van der Waals surface area (Å²) in [6.07, 6.45) is 1.26. The number of ether oxygens (including phenoxy) is 2. The number of carbonyl (C=O) groups excluding carboxylic acids is 2. The largest absolute Gasteiger partial charge is 0.481 e. The minimum atomic E-state index is -0.521. The Labute approximate surface area is 156 Å². The Bertz CT molecular complexity index is 841. The molecule has 1 aromatic carbocycles. The third-order valence-corrected chi connectivity index (χ3v) is 4.27. The van der Waals surface area contributed by atoms with Crippen LogP contribution in [0.3, 0.4) is 0 Å². The fourth-order valence-electron chi connectivity index (χ4n) is 2.75. The van der Waals surface area contributed by atoms with Crippen LogP contribution in [0.5, 0.6) is 5.88 Å². The Morgan fingerprint density at radius 3 is 2.85 bits per heavy atom. The highest BCUT2D eigenvalue weighted by atomic mass is 19.1. The second-order valence-electron chi connectivity index (χ2n) is 6.24. The van der Waals surface area contributed by atoms with Gasteiger partial charge < -0.3 is 19.7 Å². The van der Waals surface area contributed by atoms with Gasteiger partial charge in [-0.2, -0.15) is 0 Å². The Morgan fingerprint density at radius 1 is 1.37 bits per heavy atom. The van der Waals surface area contributed by atoms with E-state index in [1.54, 1.807) is 36.3 Å². The maximum absolute atomic E-state index is 14.0. The Morgan fingerprint density at radius 2 is 2.19 bits per heavy atom. The number of methoxy groups -OCH3 is 1. The monoisotopic (exact) mass is 373 g/mol. The molecule has 142 valence electrons. The number of amides is 2. The molecule has 1 fully saturated rings. The highest BCUT2D eigenvalue weighted by molar-refractivity contribution is 5.95. The van der Waals surface area contributed by atoms with Crippen molar-refractivity contribution in [2.24, 2.45) is 0 Å². The maximum atomic E-state index is 14.0. The molecule has 1 aliphatic rings. The molecule has 2 aromatic rings. The lowest BCUT2D eigenvalue weighted by molar-refractivity contribution is -0.146. The van der Waals surface area contributed by atoms with Gasteiger partial charge in [-0.15, -0.1) is 0 Å². The minimum absolute atomic E-state index is 0.00831. The first-order chi connectivity index (χ1) is 13.0. The van der Waals surface area contributed by atoms with Crippen LogP contribution in [-0.2, 0) is 9.53 Å². The average molecular weight is 373 g/mol. The summed E-state index contributed by atoms with van der Waals surface area (Å²) in [5, 5.41) is 2.72. The number of likely N-dealkylation sites (N-methyl/N-ethyl adjacent to an activating group) is 1. The van der Waals surface area contributed by atoms with Crippen molar-refractivity contribution in [1.29, 1.82) is 0 Å². The number of nitrogens with zero attached hydrogens (tertiary/aromatic N) is 2. The van der Waals surface area contributed by atoms with Gasteiger partial charge in [-0.1, -0.05) is 0 Å². The van der Waals surface area contributed by atoms with E-state index in [9.17, 15) is 14.0 Å². The molecule has 0 saturated carbocycles. The van der Waals surface area contributed by atoms with E-state index in [-0.39, 0.29) is 30.7 Å². The van der Waals surface area contributed by atoms with Crippen molar-refractivity contribution in [3.05, 3.63) is 47.9 Å². The van der Waals surface area contributed by atoms with E-state index in [2.05, 4.69) is 10.3 Å². The van der Waals surface area contributed by atoms with Crippen LogP contribution in [0, 0.1) is 5.82 Å². The van der Waals surface area contributed by atoms with Gasteiger partial charge in [0.15, 0.2) is 0 Å². The van der Waals surface area contributed by atoms with E-state index in [1.807, 2.05) is 0 Å². The van der Waals surface area contributed by atoms with Crippen molar-refractivity contribution in [1.82, 2.24) is 15.2 Å². The molecule has 1 atom stereocenters. The molecular formula is C19H20FN3O4. The number of hydrogen-bond donors (Lipinski definition) is 1. The van der Waals surface area contributed by atoms with Crippen LogP contribution in [0.2, 0.25) is 0 Å². The van der Waals surface area contributed by atoms with Gasteiger partial charge in [-0.25, -0.2) is 9.37 Å². The summed E-state index contributed by atoms with van der Waals surface area (Å²) < 4.78 is 24.4. The Balaban J connectivity index is 1.69. The molecule has 1 unspecified atom stereocenters. The summed E-state index contributed by atoms with van der Waals surface area (Å²) in [6, 6.07) is 7.51. The number of rotatable bonds is 5. The third-order valence-electron chi connectivity index (χ3n) is 4.27. The quantitative estimate of drug-likeness (QED) is 0.859. The molecule has 0 bridgehead atoms. The normalized spacial score (nSPS) is 16.9. The zero-order chi connectivity index (χ0) is 19.4. The van der Waals surface area contributed by atoms with E-state index < -0.39 is 11.7 Å². The molecule has 8 heteroatoms. The molecule has 27 heavy (non-hydrogen) atoms. The van der Waals surface area contributed by atoms with Crippen LogP contribution in [0.25, 0.3) is 11.1 Å². The molecule has 1 aliphatic heterocycles. The lowest BCUT2D eigenvalue weighted by Crippen LogP contribution is -2.48. The molecule has 1 aromatic heterocycles. The minimum Gasteiger partial charge on any atom is -0.481 e. The number of hydrogen-bond acceptors (Lipinski definition) is 5. The summed E-state index contributed by atoms with van der Waals surface area (Å²) in [7, 11) is 3.19. The number of nitrogens with one attached hydrogen (secondary N) is 1. The van der Waals surface area contributed by atoms with E-state index in [1.165, 1.54) is 19.2 Å². The fourth-order valence-corrected chi connectivity index (χ4v) is 2.75. The summed E-state index contributed by atoms with van der Waals surface area (Å²) in [4.78, 5) is 29.5. The zero-order valence-corrected chi connectivity index (χ0v) is 15.1. The summed E-state index contributed by atoms with van der Waals surface area (Å²) in [5.74, 6) is -0.586. The molecule has 2 amide bonds. The van der Waals surface area contributed by atoms with E-state index in [4.69, 9.17) is 9.47 Å². The maximum Gasteiger partial charge on any atom is 0.251 e. The van der Waals surface area contributed by atoms with Gasteiger partial charge in [0.1, 0.15) is 12.4 Å². The summed E-state index contributed by atoms with van der Waals surface area (Å²) in [6.45, 7) is 0.614. The van der Waals surface area contributed by atoms with Gasteiger partial charge in [-0.05, 0) is 29.8 Å². The lowest BCUT2D eigenvalue weighted by Gasteiger charge is -2.29. The molecule has 7 nitrogen and oxygen atoms in total. The van der Waals surface area contributed by atoms with Crippen molar-refractivity contribution in [2.75, 3.05) is 33.9 Å². The van der Waals surface area contributed by atoms with Gasteiger partial charge in [0.05, 0.1) is 13.2 Å². The SMILES string of the molecule is COc1ccc(-c2cc(F)cc(C(=O)NCC3CN(C)C(=O)CO3)c2)cn1. The predicted molar refractivity (Wildman–Crippen MR) is 95.9 cm³/mol. The number of pyridine rings is 1. The van der Waals surface area contributed by atoms with Gasteiger partial charge in [0.25, 0.3) is 5.91 Å². The van der Waals surface area contributed by atoms with Gasteiger partial charge >= 0.3 is 0 Å². The van der Waals surface area contributed by atoms with Crippen LogP contribution >= 0.6 is 0 Å². The second-order valence-corrected chi connectivity index (χ2v) is 6.24. The zero-order valence-electron chi connectivity index (χ0n) is 15.1. The van der Waals surface area contributed by atoms with Gasteiger partial charge in [0, 0.05) is 43.5 Å². The summed E-state index contributed by atoms with van der Waals surface area (Å²) in [5.41, 5.74) is 1.40. The van der Waals surface area contributed by atoms with Gasteiger partial charge in [-0.3, -0.25) is 9.59 Å². The smallest absolute Gasteiger partial charge is 0.251 e. The summed E-state index contributed by atoms with van der Waals surface area (Å²) >= 11 is 0. The van der Waals surface area contributed by atoms with E-state index in [0.29, 0.717) is 23.6 Å². The second kappa shape index (κ2) is 8.13. The highest BCUT2D eigenvalue weighted by Gasteiger charge is 2.24. The number of morpholine rings is 1. The fraction of sp³-hybridized carbons (Fsp3) is 0.316. The van der Waals surface area contributed by atoms with Crippen LogP contribution in [-0.4, -0.2) is 61.7 Å². The van der Waals surface area contributed by atoms with E-state index in [0.717, 1.165) is 0 Å². The topological polar surface area (TPSA) is 80.8 Å². The molecular weight excluding hydrogens is 353 g/mol. The highest BCUT2D eigenvalue weighted by Crippen LogP contribution is 2.23. The molecule has 0 spiro atoms. The molecule has 1 N–H and O–H groups in total. The van der Waals surface area contributed by atoms with Crippen molar-refractivity contribution < 1.29 is 23.5 Å². The van der Waals surface area contributed by atoms with Crippen molar-refractivity contribution in [3.63, 3.8) is 0 Å². The predicted octanol–water partition coefficient (Wildman–Crippen LogP) is 1.48. The van der Waals surface area contributed by atoms with Crippen molar-refractivity contribution in [3.8, 4) is 17.0 Å². The van der Waals surface area contributed by atoms with Crippen LogP contribution < -0.4 is 10.1 Å². The van der Waals surface area contributed by atoms with Crippen LogP contribution in [0.15, 0.2) is 36.5 Å². The molecule has 2 heterocycles. The van der Waals surface area contributed by atoms with Crippen LogP contribution in [0.1, 0.15) is 10.4 Å². The number of halogens is 1. The Hall–Kier alpha value is -3.00. The molecule has 3 rings (SSSR count). The van der Waals surface area contributed by atoms with Crippen molar-refractivity contribution >= 4 is 11.8 Å². The standard InChI is InChI=1S/C19H20FN3O4/c1-23-10-16(27-11-18(23)24)9-22-19(25)14-5-13(6-15(20)7-14)12-3-4-17(26-2)21-8-12/h3-8,16H,9-11H2,1-2H3,(H,22,25). The van der Waals surface area contributed by atoms with Crippen LogP contribution in [0.4, 0.5) is 4.39 Å². The molecule has 1 saturated heterocycles. The van der Waals surface area contributed by atoms with Crippen molar-refractivity contribution in [2.45, 2.75) is 6.10 Å². The first-order valence-electron chi connectivity index (χ1n) is 8.41. The third kappa shape index (κ3) is 4.59. The number of benzene rings is 1.